The highest BCUT2D eigenvalue weighted by Crippen LogP contribution is 2.24. The largest absolute Gasteiger partial charge is 0.360 e. The van der Waals surface area contributed by atoms with Gasteiger partial charge >= 0.3 is 0 Å². The number of fused-ring (bicyclic) bond motifs is 1. The third-order valence-corrected chi connectivity index (χ3v) is 2.95. The molecule has 0 unspecified atom stereocenters. The first-order chi connectivity index (χ1) is 7.22. The van der Waals surface area contributed by atoms with Gasteiger partial charge in [0, 0.05) is 27.1 Å². The number of ketones is 1. The molecular weight excluding hydrogens is 256 g/mol. The van der Waals surface area contributed by atoms with E-state index in [9.17, 15) is 4.79 Å². The molecule has 15 heavy (non-hydrogen) atoms. The quantitative estimate of drug-likeness (QED) is 0.838. The molecule has 0 atom stereocenters. The van der Waals surface area contributed by atoms with Crippen LogP contribution in [0.15, 0.2) is 28.9 Å². The first-order valence-electron chi connectivity index (χ1n) is 4.67. The molecule has 0 aliphatic heterocycles. The second-order valence-electron chi connectivity index (χ2n) is 3.35. The predicted molar refractivity (Wildman–Crippen MR) is 64.3 cm³/mol. The van der Waals surface area contributed by atoms with Crippen molar-refractivity contribution in [3.8, 4) is 0 Å². The summed E-state index contributed by atoms with van der Waals surface area (Å²) in [5, 5.41) is 3.89. The van der Waals surface area contributed by atoms with Gasteiger partial charge in [0.15, 0.2) is 5.78 Å². The van der Waals surface area contributed by atoms with E-state index in [1.165, 1.54) is 0 Å². The van der Waals surface area contributed by atoms with Crippen molar-refractivity contribution >= 4 is 32.6 Å². The fourth-order valence-electron chi connectivity index (χ4n) is 1.52. The lowest BCUT2D eigenvalue weighted by molar-refractivity contribution is 0.0993. The van der Waals surface area contributed by atoms with Crippen molar-refractivity contribution in [1.29, 1.82) is 0 Å². The third-order valence-electron chi connectivity index (χ3n) is 2.29. The second kappa shape index (κ2) is 4.16. The van der Waals surface area contributed by atoms with Crippen molar-refractivity contribution in [1.82, 2.24) is 10.3 Å². The van der Waals surface area contributed by atoms with Crippen LogP contribution in [0.3, 0.4) is 0 Å². The van der Waals surface area contributed by atoms with Crippen LogP contribution in [-0.2, 0) is 0 Å². The van der Waals surface area contributed by atoms with Crippen LogP contribution in [0.2, 0.25) is 0 Å². The normalized spacial score (nSPS) is 10.8. The lowest BCUT2D eigenvalue weighted by atomic mass is 10.1. The molecule has 2 aromatic rings. The molecule has 0 spiro atoms. The van der Waals surface area contributed by atoms with Gasteiger partial charge in [-0.15, -0.1) is 0 Å². The van der Waals surface area contributed by atoms with Gasteiger partial charge in [0.1, 0.15) is 0 Å². The molecule has 1 aromatic carbocycles. The summed E-state index contributed by atoms with van der Waals surface area (Å²) in [4.78, 5) is 14.7. The number of benzene rings is 1. The van der Waals surface area contributed by atoms with Crippen LogP contribution in [0.25, 0.3) is 10.9 Å². The Morgan fingerprint density at radius 3 is 3.07 bits per heavy atom. The Labute approximate surface area is 96.0 Å². The van der Waals surface area contributed by atoms with Gasteiger partial charge in [0.05, 0.1) is 6.54 Å². The molecule has 0 amide bonds. The Morgan fingerprint density at radius 1 is 1.53 bits per heavy atom. The lowest BCUT2D eigenvalue weighted by Crippen LogP contribution is -2.18. The van der Waals surface area contributed by atoms with Gasteiger partial charge in [-0.2, -0.15) is 0 Å². The highest BCUT2D eigenvalue weighted by atomic mass is 79.9. The highest BCUT2D eigenvalue weighted by Gasteiger charge is 2.07. The zero-order valence-corrected chi connectivity index (χ0v) is 9.89. The monoisotopic (exact) mass is 266 g/mol. The van der Waals surface area contributed by atoms with Gasteiger partial charge in [-0.3, -0.25) is 4.79 Å². The first-order valence-corrected chi connectivity index (χ1v) is 5.46. The van der Waals surface area contributed by atoms with Crippen molar-refractivity contribution in [2.45, 2.75) is 0 Å². The minimum atomic E-state index is 0.104. The minimum Gasteiger partial charge on any atom is -0.360 e. The highest BCUT2D eigenvalue weighted by molar-refractivity contribution is 9.10. The number of hydrogen-bond acceptors (Lipinski definition) is 2. The molecule has 0 fully saturated rings. The van der Waals surface area contributed by atoms with Crippen LogP contribution in [0.4, 0.5) is 0 Å². The van der Waals surface area contributed by atoms with E-state index in [4.69, 9.17) is 0 Å². The van der Waals surface area contributed by atoms with Crippen molar-refractivity contribution < 1.29 is 4.79 Å². The van der Waals surface area contributed by atoms with Crippen LogP contribution in [0.5, 0.6) is 0 Å². The maximum Gasteiger partial charge on any atom is 0.176 e. The summed E-state index contributed by atoms with van der Waals surface area (Å²) >= 11 is 3.43. The van der Waals surface area contributed by atoms with E-state index >= 15 is 0 Å². The maximum atomic E-state index is 11.6. The van der Waals surface area contributed by atoms with Crippen LogP contribution >= 0.6 is 15.9 Å². The molecular formula is C11H11BrN2O. The topological polar surface area (TPSA) is 44.9 Å². The predicted octanol–water partition coefficient (Wildman–Crippen LogP) is 2.33. The van der Waals surface area contributed by atoms with Gasteiger partial charge in [-0.05, 0) is 41.2 Å². The van der Waals surface area contributed by atoms with E-state index < -0.39 is 0 Å². The second-order valence-corrected chi connectivity index (χ2v) is 4.20. The van der Waals surface area contributed by atoms with E-state index in [0.29, 0.717) is 6.54 Å². The molecule has 2 rings (SSSR count). The Balaban J connectivity index is 2.45. The Hall–Kier alpha value is -1.13. The van der Waals surface area contributed by atoms with Crippen molar-refractivity contribution in [3.63, 3.8) is 0 Å². The fraction of sp³-hybridized carbons (Fsp3) is 0.182. The Kier molecular flexibility index (Phi) is 2.88. The van der Waals surface area contributed by atoms with E-state index in [0.717, 1.165) is 20.9 Å². The van der Waals surface area contributed by atoms with E-state index in [-0.39, 0.29) is 5.78 Å². The van der Waals surface area contributed by atoms with E-state index in [1.807, 2.05) is 24.4 Å². The molecule has 0 bridgehead atoms. The molecule has 0 saturated carbocycles. The summed E-state index contributed by atoms with van der Waals surface area (Å²) < 4.78 is 0.983. The smallest absolute Gasteiger partial charge is 0.176 e. The number of carbonyl (C=O) groups is 1. The van der Waals surface area contributed by atoms with Crippen LogP contribution in [-0.4, -0.2) is 24.4 Å². The number of aromatic nitrogens is 1. The molecule has 0 saturated heterocycles. The van der Waals surface area contributed by atoms with Gasteiger partial charge in [-0.1, -0.05) is 0 Å². The summed E-state index contributed by atoms with van der Waals surface area (Å²) in [5.41, 5.74) is 1.76. The first kappa shape index (κ1) is 10.4. The maximum absolute atomic E-state index is 11.6. The number of Topliss-reactive ketones (excluding diaryl/α,β-unsaturated/α-hetero) is 1. The Bertz CT molecular complexity index is 504. The number of nitrogens with one attached hydrogen (secondary N) is 2. The molecule has 0 aliphatic carbocycles. The number of carbonyl (C=O) groups excluding carboxylic acids is 1. The summed E-state index contributed by atoms with van der Waals surface area (Å²) in [6.45, 7) is 0.369. The van der Waals surface area contributed by atoms with Gasteiger partial charge < -0.3 is 10.3 Å². The summed E-state index contributed by atoms with van der Waals surface area (Å²) in [7, 11) is 1.77. The van der Waals surface area contributed by atoms with Crippen molar-refractivity contribution in [3.05, 3.63) is 34.4 Å². The van der Waals surface area contributed by atoms with E-state index in [1.54, 1.807) is 7.05 Å². The van der Waals surface area contributed by atoms with Crippen molar-refractivity contribution in [2.24, 2.45) is 0 Å². The molecule has 1 heterocycles. The van der Waals surface area contributed by atoms with Crippen LogP contribution in [0, 0.1) is 0 Å². The molecule has 78 valence electrons. The summed E-state index contributed by atoms with van der Waals surface area (Å²) in [6.07, 6.45) is 1.87. The van der Waals surface area contributed by atoms with Gasteiger partial charge in [0.2, 0.25) is 0 Å². The minimum absolute atomic E-state index is 0.104. The molecule has 3 nitrogen and oxygen atoms in total. The number of H-pyrrole nitrogens is 1. The van der Waals surface area contributed by atoms with Gasteiger partial charge in [0.25, 0.3) is 0 Å². The standard InChI is InChI=1S/C11H11BrN2O/c1-13-6-11(15)7-2-3-10-8(4-7)9(12)5-14-10/h2-5,13-14H,6H2,1H3. The summed E-state index contributed by atoms with van der Waals surface area (Å²) in [5.74, 6) is 0.104. The Morgan fingerprint density at radius 2 is 2.33 bits per heavy atom. The zero-order valence-electron chi connectivity index (χ0n) is 8.30. The van der Waals surface area contributed by atoms with Gasteiger partial charge in [-0.25, -0.2) is 0 Å². The number of hydrogen-bond donors (Lipinski definition) is 2. The molecule has 0 radical (unpaired) electrons. The SMILES string of the molecule is CNCC(=O)c1ccc2[nH]cc(Br)c2c1. The van der Waals surface area contributed by atoms with Crippen molar-refractivity contribution in [2.75, 3.05) is 13.6 Å². The fourth-order valence-corrected chi connectivity index (χ4v) is 1.97. The summed E-state index contributed by atoms with van der Waals surface area (Å²) in [6, 6.07) is 5.66. The molecule has 1 aromatic heterocycles. The number of aromatic amines is 1. The lowest BCUT2D eigenvalue weighted by Gasteiger charge is -2.00. The number of likely N-dealkylation sites (N-methyl/N-ethyl adjacent to an activating group) is 1. The van der Waals surface area contributed by atoms with Crippen LogP contribution in [0.1, 0.15) is 10.4 Å². The zero-order chi connectivity index (χ0) is 10.8. The van der Waals surface area contributed by atoms with E-state index in [2.05, 4.69) is 26.2 Å². The third kappa shape index (κ3) is 1.96. The average Bonchev–Trinajstić information content (AvgIpc) is 2.60. The number of halogens is 1. The molecule has 4 heteroatoms. The number of rotatable bonds is 3. The molecule has 0 aliphatic rings. The average molecular weight is 267 g/mol. The van der Waals surface area contributed by atoms with Crippen LogP contribution < -0.4 is 5.32 Å². The molecule has 2 N–H and O–H groups in total.